The Labute approximate surface area is 222 Å². The summed E-state index contributed by atoms with van der Waals surface area (Å²) in [6.07, 6.45) is 2.38. The van der Waals surface area contributed by atoms with Crippen molar-refractivity contribution in [1.29, 1.82) is 0 Å². The molecule has 204 valence electrons. The third-order valence-electron chi connectivity index (χ3n) is 6.33. The largest absolute Gasteiger partial charge is 0.497 e. The predicted molar refractivity (Wildman–Crippen MR) is 148 cm³/mol. The average molecular weight is 532 g/mol. The van der Waals surface area contributed by atoms with E-state index in [0.29, 0.717) is 17.9 Å². The van der Waals surface area contributed by atoms with Crippen LogP contribution in [0.15, 0.2) is 42.5 Å². The number of hydrogen-bond acceptors (Lipinski definition) is 5. The summed E-state index contributed by atoms with van der Waals surface area (Å²) >= 11 is 0. The lowest BCUT2D eigenvalue weighted by molar-refractivity contribution is -0.140. The van der Waals surface area contributed by atoms with E-state index in [1.807, 2.05) is 70.2 Å². The van der Waals surface area contributed by atoms with E-state index in [9.17, 15) is 18.0 Å². The Morgan fingerprint density at radius 3 is 2.14 bits per heavy atom. The number of aryl methyl sites for hydroxylation is 2. The minimum absolute atomic E-state index is 0.00556. The summed E-state index contributed by atoms with van der Waals surface area (Å²) < 4.78 is 31.7. The first-order chi connectivity index (χ1) is 17.3. The van der Waals surface area contributed by atoms with Crippen LogP contribution in [0.3, 0.4) is 0 Å². The molecule has 0 aliphatic rings. The van der Waals surface area contributed by atoms with Gasteiger partial charge in [0, 0.05) is 25.6 Å². The Bertz CT molecular complexity index is 1140. The van der Waals surface area contributed by atoms with Gasteiger partial charge in [0.1, 0.15) is 11.8 Å². The smallest absolute Gasteiger partial charge is 0.242 e. The molecule has 0 bridgehead atoms. The molecule has 2 atom stereocenters. The van der Waals surface area contributed by atoms with Crippen LogP contribution in [0, 0.1) is 13.8 Å². The minimum Gasteiger partial charge on any atom is -0.497 e. The maximum atomic E-state index is 13.4. The van der Waals surface area contributed by atoms with E-state index in [2.05, 4.69) is 5.32 Å². The Morgan fingerprint density at radius 1 is 1.03 bits per heavy atom. The van der Waals surface area contributed by atoms with Crippen molar-refractivity contribution >= 4 is 27.5 Å². The SMILES string of the molecule is CC[C@H](C)NC(=O)[C@@H](C)N(Cc1ccc(OC)cc1)C(=O)CCCN(c1cc(C)cc(C)c1)S(C)(=O)=O. The number of anilines is 1. The van der Waals surface area contributed by atoms with Crippen LogP contribution in [-0.4, -0.2) is 57.1 Å². The fourth-order valence-corrected chi connectivity index (χ4v) is 5.02. The fraction of sp³-hybridized carbons (Fsp3) is 0.500. The van der Waals surface area contributed by atoms with Crippen LogP contribution in [0.2, 0.25) is 0 Å². The average Bonchev–Trinajstić information content (AvgIpc) is 2.83. The van der Waals surface area contributed by atoms with E-state index in [-0.39, 0.29) is 37.4 Å². The van der Waals surface area contributed by atoms with Crippen LogP contribution in [-0.2, 0) is 26.2 Å². The van der Waals surface area contributed by atoms with Crippen molar-refractivity contribution in [3.8, 4) is 5.75 Å². The molecular formula is C28H41N3O5S. The molecule has 37 heavy (non-hydrogen) atoms. The Morgan fingerprint density at radius 2 is 1.62 bits per heavy atom. The lowest BCUT2D eigenvalue weighted by atomic mass is 10.1. The van der Waals surface area contributed by atoms with E-state index < -0.39 is 16.1 Å². The highest BCUT2D eigenvalue weighted by Crippen LogP contribution is 2.22. The van der Waals surface area contributed by atoms with Crippen molar-refractivity contribution in [3.05, 3.63) is 59.2 Å². The van der Waals surface area contributed by atoms with Crippen LogP contribution >= 0.6 is 0 Å². The standard InChI is InChI=1S/C28H41N3O5S/c1-8-22(4)29-28(33)23(5)30(19-24-11-13-26(36-6)14-12-24)27(32)10-9-15-31(37(7,34)35)25-17-20(2)16-21(3)18-25/h11-14,16-18,22-23H,8-10,15,19H2,1-7H3,(H,29,33)/t22-,23+/m0/s1. The Kier molecular flexibility index (Phi) is 11.0. The van der Waals surface area contributed by atoms with Gasteiger partial charge in [-0.1, -0.05) is 25.1 Å². The fourth-order valence-electron chi connectivity index (χ4n) is 4.07. The molecule has 0 saturated heterocycles. The topological polar surface area (TPSA) is 96.0 Å². The molecule has 0 heterocycles. The number of hydrogen-bond donors (Lipinski definition) is 1. The minimum atomic E-state index is -3.54. The number of carbonyl (C=O) groups excluding carboxylic acids is 2. The number of nitrogens with zero attached hydrogens (tertiary/aromatic N) is 2. The van der Waals surface area contributed by atoms with Gasteiger partial charge in [0.15, 0.2) is 0 Å². The number of ether oxygens (including phenoxy) is 1. The van der Waals surface area contributed by atoms with Crippen LogP contribution in [0.4, 0.5) is 5.69 Å². The van der Waals surface area contributed by atoms with Gasteiger partial charge in [-0.2, -0.15) is 0 Å². The molecule has 1 N–H and O–H groups in total. The van der Waals surface area contributed by atoms with Gasteiger partial charge >= 0.3 is 0 Å². The van der Waals surface area contributed by atoms with Gasteiger partial charge in [-0.05, 0) is 81.5 Å². The van der Waals surface area contributed by atoms with E-state index in [1.54, 1.807) is 18.9 Å². The first kappa shape index (κ1) is 30.2. The van der Waals surface area contributed by atoms with Crippen molar-refractivity contribution in [2.75, 3.05) is 24.2 Å². The van der Waals surface area contributed by atoms with E-state index >= 15 is 0 Å². The molecule has 2 amide bonds. The zero-order chi connectivity index (χ0) is 27.8. The highest BCUT2D eigenvalue weighted by Gasteiger charge is 2.27. The van der Waals surface area contributed by atoms with E-state index in [1.165, 1.54) is 10.6 Å². The number of nitrogens with one attached hydrogen (secondary N) is 1. The number of methoxy groups -OCH3 is 1. The van der Waals surface area contributed by atoms with Gasteiger partial charge in [-0.3, -0.25) is 13.9 Å². The molecule has 9 heteroatoms. The Hall–Kier alpha value is -3.07. The number of benzene rings is 2. The third kappa shape index (κ3) is 9.07. The monoisotopic (exact) mass is 531 g/mol. The van der Waals surface area contributed by atoms with Crippen molar-refractivity contribution < 1.29 is 22.7 Å². The van der Waals surface area contributed by atoms with Crippen LogP contribution < -0.4 is 14.4 Å². The van der Waals surface area contributed by atoms with Gasteiger partial charge in [0.2, 0.25) is 21.8 Å². The Balaban J connectivity index is 2.20. The van der Waals surface area contributed by atoms with Gasteiger partial charge in [-0.15, -0.1) is 0 Å². The van der Waals surface area contributed by atoms with Crippen molar-refractivity contribution in [3.63, 3.8) is 0 Å². The summed E-state index contributed by atoms with van der Waals surface area (Å²) in [6, 6.07) is 12.3. The molecule has 0 aliphatic carbocycles. The first-order valence-electron chi connectivity index (χ1n) is 12.6. The number of carbonyl (C=O) groups is 2. The normalized spacial score (nSPS) is 12.9. The summed E-state index contributed by atoms with van der Waals surface area (Å²) in [7, 11) is -1.95. The molecule has 0 aliphatic heterocycles. The van der Waals surface area contributed by atoms with Gasteiger partial charge in [0.05, 0.1) is 19.1 Å². The van der Waals surface area contributed by atoms with Crippen molar-refractivity contribution in [2.45, 2.75) is 72.5 Å². The number of amides is 2. The summed E-state index contributed by atoms with van der Waals surface area (Å²) in [4.78, 5) is 27.9. The summed E-state index contributed by atoms with van der Waals surface area (Å²) in [5.74, 6) is 0.275. The van der Waals surface area contributed by atoms with Crippen LogP contribution in [0.5, 0.6) is 5.75 Å². The number of sulfonamides is 1. The molecule has 0 unspecified atom stereocenters. The molecule has 8 nitrogen and oxygen atoms in total. The van der Waals surface area contributed by atoms with Gasteiger partial charge in [-0.25, -0.2) is 8.42 Å². The molecule has 2 rings (SSSR count). The van der Waals surface area contributed by atoms with Gasteiger partial charge in [0.25, 0.3) is 0 Å². The second-order valence-corrected chi connectivity index (χ2v) is 11.6. The first-order valence-corrected chi connectivity index (χ1v) is 14.5. The molecule has 0 spiro atoms. The van der Waals surface area contributed by atoms with Gasteiger partial charge < -0.3 is 15.0 Å². The zero-order valence-electron chi connectivity index (χ0n) is 23.1. The second kappa shape index (κ2) is 13.5. The molecule has 2 aromatic rings. The zero-order valence-corrected chi connectivity index (χ0v) is 23.9. The number of rotatable bonds is 13. The quantitative estimate of drug-likeness (QED) is 0.418. The summed E-state index contributed by atoms with van der Waals surface area (Å²) in [5.41, 5.74) is 3.38. The summed E-state index contributed by atoms with van der Waals surface area (Å²) in [5, 5.41) is 2.95. The van der Waals surface area contributed by atoms with E-state index in [4.69, 9.17) is 4.74 Å². The highest BCUT2D eigenvalue weighted by atomic mass is 32.2. The van der Waals surface area contributed by atoms with Crippen LogP contribution in [0.1, 0.15) is 56.7 Å². The maximum absolute atomic E-state index is 13.4. The third-order valence-corrected chi connectivity index (χ3v) is 7.52. The second-order valence-electron chi connectivity index (χ2n) is 9.65. The predicted octanol–water partition coefficient (Wildman–Crippen LogP) is 4.19. The van der Waals surface area contributed by atoms with E-state index in [0.717, 1.165) is 23.1 Å². The molecular weight excluding hydrogens is 490 g/mol. The lowest BCUT2D eigenvalue weighted by Crippen LogP contribution is -2.49. The highest BCUT2D eigenvalue weighted by molar-refractivity contribution is 7.92. The molecule has 2 aromatic carbocycles. The molecule has 0 fully saturated rings. The molecule has 0 radical (unpaired) electrons. The molecule has 0 aromatic heterocycles. The summed E-state index contributed by atoms with van der Waals surface area (Å²) in [6.45, 7) is 9.89. The van der Waals surface area contributed by atoms with Crippen molar-refractivity contribution in [1.82, 2.24) is 10.2 Å². The molecule has 0 saturated carbocycles. The maximum Gasteiger partial charge on any atom is 0.242 e. The van der Waals surface area contributed by atoms with Crippen molar-refractivity contribution in [2.24, 2.45) is 0 Å². The van der Waals surface area contributed by atoms with Crippen LogP contribution in [0.25, 0.3) is 0 Å². The lowest BCUT2D eigenvalue weighted by Gasteiger charge is -2.30.